The van der Waals surface area contributed by atoms with E-state index in [9.17, 15) is 0 Å². The van der Waals surface area contributed by atoms with E-state index in [0.29, 0.717) is 0 Å². The van der Waals surface area contributed by atoms with Crippen molar-refractivity contribution in [3.05, 3.63) is 11.4 Å². The first-order chi connectivity index (χ1) is 8.00. The van der Waals surface area contributed by atoms with Crippen LogP contribution in [0.5, 0.6) is 0 Å². The van der Waals surface area contributed by atoms with Crippen LogP contribution >= 0.6 is 33.1 Å². The van der Waals surface area contributed by atoms with Crippen LogP contribution in [-0.4, -0.2) is 9.55 Å². The number of imidazole rings is 1. The standard InChI is InChI=1S/C12H26N2P4/c1-8-9(11(2,3)4)14(12(5,6)7)10(13-8)18(16)17-15/h17H,15-16H2,1-7H3. The van der Waals surface area contributed by atoms with Crippen LogP contribution in [0.25, 0.3) is 0 Å². The first kappa shape index (κ1) is 17.0. The van der Waals surface area contributed by atoms with Crippen LogP contribution in [0.3, 0.4) is 0 Å². The number of hydrogen-bond donors (Lipinski definition) is 0. The molecule has 0 aromatic carbocycles. The summed E-state index contributed by atoms with van der Waals surface area (Å²) in [6.07, 6.45) is 0. The molecule has 4 atom stereocenters. The molecule has 1 rings (SSSR count). The Bertz CT molecular complexity index is 427. The lowest BCUT2D eigenvalue weighted by molar-refractivity contribution is 0.367. The second kappa shape index (κ2) is 5.74. The zero-order valence-electron chi connectivity index (χ0n) is 12.5. The molecule has 2 nitrogen and oxygen atoms in total. The number of nitrogens with zero attached hydrogens (tertiary/aromatic N) is 2. The van der Waals surface area contributed by atoms with E-state index < -0.39 is 0 Å². The maximum Gasteiger partial charge on any atom is 0.140 e. The molecule has 0 bridgehead atoms. The third-order valence-corrected chi connectivity index (χ3v) is 12.4. The highest BCUT2D eigenvalue weighted by Crippen LogP contribution is 2.65. The average molecular weight is 322 g/mol. The third kappa shape index (κ3) is 3.52. The van der Waals surface area contributed by atoms with Crippen LogP contribution in [-0.2, 0) is 11.0 Å². The highest BCUT2D eigenvalue weighted by atomic mass is 32.6. The second-order valence-electron chi connectivity index (χ2n) is 6.60. The summed E-state index contributed by atoms with van der Waals surface area (Å²) >= 11 is 0. The van der Waals surface area contributed by atoms with E-state index in [1.807, 2.05) is 0 Å². The maximum absolute atomic E-state index is 4.88. The van der Waals surface area contributed by atoms with E-state index in [4.69, 9.17) is 4.98 Å². The Morgan fingerprint density at radius 1 is 1.17 bits per heavy atom. The predicted molar refractivity (Wildman–Crippen MR) is 94.9 cm³/mol. The Kier molecular flexibility index (Phi) is 5.41. The lowest BCUT2D eigenvalue weighted by atomic mass is 9.89. The van der Waals surface area contributed by atoms with Crippen LogP contribution in [0.1, 0.15) is 52.9 Å². The van der Waals surface area contributed by atoms with E-state index >= 15 is 0 Å². The van der Waals surface area contributed by atoms with Crippen molar-refractivity contribution in [1.29, 1.82) is 0 Å². The molecule has 0 aliphatic rings. The number of aryl methyl sites for hydroxylation is 1. The fourth-order valence-corrected chi connectivity index (χ4v) is 5.59. The van der Waals surface area contributed by atoms with Crippen molar-refractivity contribution in [2.75, 3.05) is 0 Å². The summed E-state index contributed by atoms with van der Waals surface area (Å²) in [7, 11) is 6.46. The van der Waals surface area contributed by atoms with Crippen molar-refractivity contribution in [3.8, 4) is 0 Å². The largest absolute Gasteiger partial charge is 0.322 e. The highest BCUT2D eigenvalue weighted by molar-refractivity contribution is 8.63. The molecule has 0 saturated heterocycles. The Hall–Kier alpha value is 0.930. The van der Waals surface area contributed by atoms with Crippen LogP contribution in [0.2, 0.25) is 0 Å². The van der Waals surface area contributed by atoms with Crippen molar-refractivity contribution >= 4 is 38.7 Å². The molecule has 0 fully saturated rings. The van der Waals surface area contributed by atoms with Gasteiger partial charge in [-0.15, -0.1) is 8.93 Å². The Balaban J connectivity index is 3.58. The summed E-state index contributed by atoms with van der Waals surface area (Å²) in [5, 5.41) is 0. The minimum Gasteiger partial charge on any atom is -0.322 e. The fourth-order valence-electron chi connectivity index (χ4n) is 2.25. The van der Waals surface area contributed by atoms with E-state index in [1.165, 1.54) is 17.0 Å². The third-order valence-electron chi connectivity index (χ3n) is 2.77. The highest BCUT2D eigenvalue weighted by Gasteiger charge is 2.31. The minimum atomic E-state index is -0.242. The van der Waals surface area contributed by atoms with E-state index in [2.05, 4.69) is 70.9 Å². The van der Waals surface area contributed by atoms with Crippen molar-refractivity contribution in [2.45, 2.75) is 59.4 Å². The van der Waals surface area contributed by atoms with Gasteiger partial charge in [0.15, 0.2) is 0 Å². The summed E-state index contributed by atoms with van der Waals surface area (Å²) in [5.74, 6) is 0. The summed E-state index contributed by atoms with van der Waals surface area (Å²) in [6.45, 7) is 15.8. The fraction of sp³-hybridized carbons (Fsp3) is 0.750. The molecule has 0 saturated carbocycles. The monoisotopic (exact) mass is 322 g/mol. The van der Waals surface area contributed by atoms with Gasteiger partial charge in [-0.05, 0) is 27.7 Å². The van der Waals surface area contributed by atoms with Gasteiger partial charge in [0.25, 0.3) is 0 Å². The van der Waals surface area contributed by atoms with Gasteiger partial charge >= 0.3 is 0 Å². The molecule has 18 heavy (non-hydrogen) atoms. The molecule has 0 amide bonds. The van der Waals surface area contributed by atoms with Gasteiger partial charge in [-0.25, -0.2) is 4.98 Å². The normalized spacial score (nSPS) is 15.6. The van der Waals surface area contributed by atoms with Crippen molar-refractivity contribution in [2.24, 2.45) is 0 Å². The first-order valence-corrected chi connectivity index (χ1v) is 12.7. The summed E-state index contributed by atoms with van der Waals surface area (Å²) in [5.41, 5.74) is 4.04. The molecule has 0 aliphatic carbocycles. The molecule has 104 valence electrons. The van der Waals surface area contributed by atoms with Crippen LogP contribution in [0, 0.1) is 6.92 Å². The molecule has 6 heteroatoms. The Morgan fingerprint density at radius 2 is 1.67 bits per heavy atom. The molecule has 0 aliphatic heterocycles. The van der Waals surface area contributed by atoms with Gasteiger partial charge in [0.1, 0.15) is 5.57 Å². The quantitative estimate of drug-likeness (QED) is 0.732. The molecule has 4 unspecified atom stereocenters. The molecule has 1 aromatic rings. The second-order valence-corrected chi connectivity index (χ2v) is 15.6. The van der Waals surface area contributed by atoms with Gasteiger partial charge < -0.3 is 4.57 Å². The SMILES string of the molecule is Cc1nc(P(P)PP)n(C(C)(C)C)c1C(C)(C)C. The molecular formula is C12H26N2P4. The van der Waals surface area contributed by atoms with Gasteiger partial charge in [-0.3, -0.25) is 0 Å². The zero-order valence-corrected chi connectivity index (χ0v) is 16.7. The van der Waals surface area contributed by atoms with E-state index in [-0.39, 0.29) is 18.3 Å². The average Bonchev–Trinajstić information content (AvgIpc) is 2.53. The Labute approximate surface area is 119 Å². The minimum absolute atomic E-state index is 0.0840. The van der Waals surface area contributed by atoms with Gasteiger partial charge in [0.05, 0.1) is 5.69 Å². The number of rotatable bonds is 2. The van der Waals surface area contributed by atoms with E-state index in [0.717, 1.165) is 7.96 Å². The lowest BCUT2D eigenvalue weighted by Crippen LogP contribution is -2.35. The molecule has 0 N–H and O–H groups in total. The molecule has 0 radical (unpaired) electrons. The van der Waals surface area contributed by atoms with Gasteiger partial charge in [0.2, 0.25) is 0 Å². The summed E-state index contributed by atoms with van der Waals surface area (Å²) in [4.78, 5) is 4.88. The topological polar surface area (TPSA) is 17.8 Å². The summed E-state index contributed by atoms with van der Waals surface area (Å²) in [6, 6.07) is 0. The predicted octanol–water partition coefficient (Wildman–Crippen LogP) is 4.52. The van der Waals surface area contributed by atoms with E-state index in [1.54, 1.807) is 0 Å². The van der Waals surface area contributed by atoms with Crippen LogP contribution < -0.4 is 5.57 Å². The van der Waals surface area contributed by atoms with Crippen LogP contribution in [0.4, 0.5) is 0 Å². The molecule has 1 aromatic heterocycles. The smallest absolute Gasteiger partial charge is 0.140 e. The van der Waals surface area contributed by atoms with Gasteiger partial charge in [-0.1, -0.05) is 37.7 Å². The molecular weight excluding hydrogens is 296 g/mol. The number of aromatic nitrogens is 2. The molecule has 0 spiro atoms. The number of hydrogen-bond acceptors (Lipinski definition) is 1. The van der Waals surface area contributed by atoms with Gasteiger partial charge in [-0.2, -0.15) is 0 Å². The van der Waals surface area contributed by atoms with Gasteiger partial charge in [0, 0.05) is 23.9 Å². The maximum atomic E-state index is 4.88. The van der Waals surface area contributed by atoms with Crippen molar-refractivity contribution in [1.82, 2.24) is 9.55 Å². The van der Waals surface area contributed by atoms with Crippen molar-refractivity contribution < 1.29 is 0 Å². The lowest BCUT2D eigenvalue weighted by Gasteiger charge is -2.32. The van der Waals surface area contributed by atoms with Crippen LogP contribution in [0.15, 0.2) is 0 Å². The Morgan fingerprint density at radius 3 is 2.00 bits per heavy atom. The first-order valence-electron chi connectivity index (χ1n) is 6.11. The zero-order chi connectivity index (χ0) is 14.3. The molecule has 1 heterocycles. The summed E-state index contributed by atoms with van der Waals surface area (Å²) < 4.78 is 2.47. The van der Waals surface area contributed by atoms with Crippen molar-refractivity contribution in [3.63, 3.8) is 0 Å².